The monoisotopic (exact) mass is 269 g/mol. The number of fused-ring (bicyclic) bond motifs is 1. The molecule has 0 aromatic heterocycles. The molecule has 0 amide bonds. The molecule has 108 valence electrons. The van der Waals surface area contributed by atoms with Crippen molar-refractivity contribution < 1.29 is 0 Å². The molecular formula is C19H27N. The largest absolute Gasteiger partial charge is 0.325 e. The summed E-state index contributed by atoms with van der Waals surface area (Å²) in [7, 11) is 0. The van der Waals surface area contributed by atoms with Crippen molar-refractivity contribution in [3.05, 3.63) is 48.0 Å². The number of rotatable bonds is 3. The highest BCUT2D eigenvalue weighted by molar-refractivity contribution is 5.83. The van der Waals surface area contributed by atoms with E-state index in [0.717, 1.165) is 6.42 Å². The molecule has 1 heteroatoms. The maximum Gasteiger partial charge on any atom is 0.0166 e. The predicted octanol–water partition coefficient (Wildman–Crippen LogP) is 5.10. The highest BCUT2D eigenvalue weighted by Crippen LogP contribution is 2.38. The molecule has 1 nitrogen and oxygen atoms in total. The van der Waals surface area contributed by atoms with E-state index < -0.39 is 0 Å². The fourth-order valence-electron chi connectivity index (χ4n) is 2.85. The van der Waals surface area contributed by atoms with Crippen LogP contribution in [-0.4, -0.2) is 5.54 Å². The molecule has 0 fully saturated rings. The van der Waals surface area contributed by atoms with Crippen LogP contribution in [0, 0.1) is 5.41 Å². The second-order valence-corrected chi connectivity index (χ2v) is 7.75. The van der Waals surface area contributed by atoms with Crippen LogP contribution < -0.4 is 5.73 Å². The van der Waals surface area contributed by atoms with E-state index in [2.05, 4.69) is 77.1 Å². The van der Waals surface area contributed by atoms with Gasteiger partial charge in [0.15, 0.2) is 0 Å². The molecule has 0 bridgehead atoms. The maximum atomic E-state index is 6.46. The van der Waals surface area contributed by atoms with Crippen LogP contribution in [0.5, 0.6) is 0 Å². The van der Waals surface area contributed by atoms with Crippen LogP contribution in [0.1, 0.15) is 52.5 Å². The summed E-state index contributed by atoms with van der Waals surface area (Å²) in [6.07, 6.45) is 1.09. The fourth-order valence-corrected chi connectivity index (χ4v) is 2.85. The summed E-state index contributed by atoms with van der Waals surface area (Å²) < 4.78 is 0. The molecule has 0 aliphatic rings. The summed E-state index contributed by atoms with van der Waals surface area (Å²) in [6, 6.07) is 15.3. The van der Waals surface area contributed by atoms with Gasteiger partial charge in [-0.1, -0.05) is 63.2 Å². The molecule has 0 saturated heterocycles. The van der Waals surface area contributed by atoms with Gasteiger partial charge in [-0.3, -0.25) is 0 Å². The minimum atomic E-state index is -0.213. The average Bonchev–Trinajstić information content (AvgIpc) is 2.33. The molecule has 1 unspecified atom stereocenters. The highest BCUT2D eigenvalue weighted by Gasteiger charge is 2.30. The quantitative estimate of drug-likeness (QED) is 0.824. The number of benzene rings is 2. The van der Waals surface area contributed by atoms with Crippen molar-refractivity contribution in [1.82, 2.24) is 0 Å². The first kappa shape index (κ1) is 15.1. The lowest BCUT2D eigenvalue weighted by atomic mass is 9.73. The summed E-state index contributed by atoms with van der Waals surface area (Å²) in [6.45, 7) is 11.1. The lowest BCUT2D eigenvalue weighted by Crippen LogP contribution is -2.41. The van der Waals surface area contributed by atoms with E-state index in [0.29, 0.717) is 5.92 Å². The smallest absolute Gasteiger partial charge is 0.0166 e. The number of hydrogen-bond acceptors (Lipinski definition) is 1. The summed E-state index contributed by atoms with van der Waals surface area (Å²) in [4.78, 5) is 0. The molecule has 1 atom stereocenters. The third kappa shape index (κ3) is 3.61. The van der Waals surface area contributed by atoms with Crippen LogP contribution in [-0.2, 0) is 0 Å². The molecule has 2 rings (SSSR count). The van der Waals surface area contributed by atoms with Crippen molar-refractivity contribution in [1.29, 1.82) is 0 Å². The van der Waals surface area contributed by atoms with Gasteiger partial charge in [0, 0.05) is 11.5 Å². The van der Waals surface area contributed by atoms with Crippen LogP contribution in [0.25, 0.3) is 10.8 Å². The van der Waals surface area contributed by atoms with Gasteiger partial charge < -0.3 is 5.73 Å². The van der Waals surface area contributed by atoms with Crippen LogP contribution in [0.3, 0.4) is 0 Å². The Morgan fingerprint density at radius 1 is 0.900 bits per heavy atom. The molecule has 0 spiro atoms. The highest BCUT2D eigenvalue weighted by atomic mass is 14.7. The number of hydrogen-bond donors (Lipinski definition) is 1. The predicted molar refractivity (Wildman–Crippen MR) is 89.0 cm³/mol. The summed E-state index contributed by atoms with van der Waals surface area (Å²) in [5.41, 5.74) is 7.87. The van der Waals surface area contributed by atoms with Gasteiger partial charge in [0.1, 0.15) is 0 Å². The third-order valence-electron chi connectivity index (χ3n) is 3.89. The third-order valence-corrected chi connectivity index (χ3v) is 3.89. The molecule has 0 aliphatic heterocycles. The van der Waals surface area contributed by atoms with Crippen LogP contribution in [0.15, 0.2) is 42.5 Å². The van der Waals surface area contributed by atoms with E-state index in [1.807, 2.05) is 0 Å². The first-order valence-corrected chi connectivity index (χ1v) is 7.44. The van der Waals surface area contributed by atoms with Gasteiger partial charge in [0.05, 0.1) is 0 Å². The summed E-state index contributed by atoms with van der Waals surface area (Å²) in [5, 5.41) is 2.59. The zero-order valence-corrected chi connectivity index (χ0v) is 13.4. The Morgan fingerprint density at radius 3 is 2.05 bits per heavy atom. The topological polar surface area (TPSA) is 26.0 Å². The molecule has 0 saturated carbocycles. The van der Waals surface area contributed by atoms with Crippen molar-refractivity contribution in [2.24, 2.45) is 11.1 Å². The molecule has 20 heavy (non-hydrogen) atoms. The van der Waals surface area contributed by atoms with Crippen molar-refractivity contribution in [3.8, 4) is 0 Å². The molecule has 0 aliphatic carbocycles. The Balaban J connectivity index is 2.45. The van der Waals surface area contributed by atoms with E-state index in [4.69, 9.17) is 5.73 Å². The van der Waals surface area contributed by atoms with Gasteiger partial charge in [0.25, 0.3) is 0 Å². The molecule has 2 aromatic carbocycles. The Morgan fingerprint density at radius 2 is 1.50 bits per heavy atom. The van der Waals surface area contributed by atoms with Gasteiger partial charge >= 0.3 is 0 Å². The Kier molecular flexibility index (Phi) is 3.93. The zero-order chi connectivity index (χ0) is 15.0. The Labute approximate surface area is 123 Å². The molecule has 0 radical (unpaired) electrons. The lowest BCUT2D eigenvalue weighted by Gasteiger charge is -2.36. The summed E-state index contributed by atoms with van der Waals surface area (Å²) in [5.74, 6) is 0.368. The zero-order valence-electron chi connectivity index (χ0n) is 13.4. The van der Waals surface area contributed by atoms with Gasteiger partial charge in [-0.15, -0.1) is 0 Å². The molecule has 2 aromatic rings. The SMILES string of the molecule is CC(C)(C)CC(c1ccc2ccccc2c1)C(C)(C)N. The summed E-state index contributed by atoms with van der Waals surface area (Å²) >= 11 is 0. The second kappa shape index (κ2) is 5.21. The number of nitrogens with two attached hydrogens (primary N) is 1. The normalized spacial score (nSPS) is 14.5. The van der Waals surface area contributed by atoms with Gasteiger partial charge in [-0.05, 0) is 42.0 Å². The Bertz CT molecular complexity index is 584. The van der Waals surface area contributed by atoms with E-state index in [9.17, 15) is 0 Å². The van der Waals surface area contributed by atoms with E-state index >= 15 is 0 Å². The van der Waals surface area contributed by atoms with Gasteiger partial charge in [-0.25, -0.2) is 0 Å². The van der Waals surface area contributed by atoms with E-state index in [1.165, 1.54) is 16.3 Å². The minimum absolute atomic E-state index is 0.213. The van der Waals surface area contributed by atoms with E-state index in [1.54, 1.807) is 0 Å². The Hall–Kier alpha value is -1.34. The molecule has 0 heterocycles. The second-order valence-electron chi connectivity index (χ2n) is 7.75. The fraction of sp³-hybridized carbons (Fsp3) is 0.474. The van der Waals surface area contributed by atoms with Crippen LogP contribution in [0.2, 0.25) is 0 Å². The van der Waals surface area contributed by atoms with Crippen molar-refractivity contribution in [2.75, 3.05) is 0 Å². The minimum Gasteiger partial charge on any atom is -0.325 e. The first-order chi connectivity index (χ1) is 9.17. The maximum absolute atomic E-state index is 6.46. The van der Waals surface area contributed by atoms with Crippen molar-refractivity contribution in [2.45, 2.75) is 52.5 Å². The van der Waals surface area contributed by atoms with Crippen LogP contribution in [0.4, 0.5) is 0 Å². The first-order valence-electron chi connectivity index (χ1n) is 7.44. The lowest BCUT2D eigenvalue weighted by molar-refractivity contribution is 0.275. The van der Waals surface area contributed by atoms with Crippen molar-refractivity contribution in [3.63, 3.8) is 0 Å². The van der Waals surface area contributed by atoms with Gasteiger partial charge in [0.2, 0.25) is 0 Å². The molecular weight excluding hydrogens is 242 g/mol. The van der Waals surface area contributed by atoms with Crippen LogP contribution >= 0.6 is 0 Å². The standard InChI is InChI=1S/C19H27N/c1-18(2,3)13-17(19(4,5)20)16-11-10-14-8-6-7-9-15(14)12-16/h6-12,17H,13,20H2,1-5H3. The van der Waals surface area contributed by atoms with Crippen molar-refractivity contribution >= 4 is 10.8 Å². The van der Waals surface area contributed by atoms with E-state index in [-0.39, 0.29) is 11.0 Å². The average molecular weight is 269 g/mol. The molecule has 2 N–H and O–H groups in total. The van der Waals surface area contributed by atoms with Gasteiger partial charge in [-0.2, -0.15) is 0 Å².